The van der Waals surface area contributed by atoms with Gasteiger partial charge in [0.2, 0.25) is 0 Å². The molecule has 0 aliphatic carbocycles. The lowest BCUT2D eigenvalue weighted by Crippen LogP contribution is -2.35. The van der Waals surface area contributed by atoms with Gasteiger partial charge in [0.05, 0.1) is 13.2 Å². The first kappa shape index (κ1) is 20.3. The van der Waals surface area contributed by atoms with Gasteiger partial charge in [-0.15, -0.1) is 5.10 Å². The van der Waals surface area contributed by atoms with Crippen molar-refractivity contribution in [1.82, 2.24) is 20.2 Å². The van der Waals surface area contributed by atoms with Crippen molar-refractivity contribution in [2.45, 2.75) is 31.3 Å². The van der Waals surface area contributed by atoms with E-state index in [-0.39, 0.29) is 24.5 Å². The Bertz CT molecular complexity index is 1120. The Morgan fingerprint density at radius 1 is 1.03 bits per heavy atom. The number of nitrogens with one attached hydrogen (secondary N) is 1. The number of ether oxygens (including phenoxy) is 3. The minimum Gasteiger partial charge on any atom is -0.441 e. The van der Waals surface area contributed by atoms with Gasteiger partial charge in [0.15, 0.2) is 17.7 Å². The fourth-order valence-electron chi connectivity index (χ4n) is 4.02. The van der Waals surface area contributed by atoms with Crippen LogP contribution in [0.3, 0.4) is 0 Å². The van der Waals surface area contributed by atoms with Crippen LogP contribution in [0.25, 0.3) is 11.4 Å². The minimum absolute atomic E-state index is 0.0424. The molecule has 32 heavy (non-hydrogen) atoms. The maximum absolute atomic E-state index is 12.4. The molecule has 3 heterocycles. The first-order valence-electron chi connectivity index (χ1n) is 10.3. The molecule has 2 saturated heterocycles. The number of amides is 1. The van der Waals surface area contributed by atoms with Crippen molar-refractivity contribution in [2.24, 2.45) is 0 Å². The number of carbonyl (C=O) groups is 2. The number of ketones is 1. The van der Waals surface area contributed by atoms with Crippen LogP contribution >= 0.6 is 0 Å². The number of hydrogen-bond donors (Lipinski definition) is 1. The zero-order valence-electron chi connectivity index (χ0n) is 17.2. The van der Waals surface area contributed by atoms with Crippen LogP contribution in [0.15, 0.2) is 54.6 Å². The highest BCUT2D eigenvalue weighted by atomic mass is 16.6. The maximum atomic E-state index is 12.4. The summed E-state index contributed by atoms with van der Waals surface area (Å²) in [5, 5.41) is 14.8. The number of anilines is 1. The van der Waals surface area contributed by atoms with E-state index in [2.05, 4.69) is 20.8 Å². The molecular formula is C22H21N5O5. The summed E-state index contributed by atoms with van der Waals surface area (Å²) in [6.07, 6.45) is -1.93. The zero-order valence-corrected chi connectivity index (χ0v) is 17.2. The predicted molar refractivity (Wildman–Crippen MR) is 112 cm³/mol. The molecule has 5 rings (SSSR count). The number of fused-ring (bicyclic) bond motifs is 1. The summed E-state index contributed by atoms with van der Waals surface area (Å²) < 4.78 is 19.1. The Morgan fingerprint density at radius 3 is 2.53 bits per heavy atom. The summed E-state index contributed by atoms with van der Waals surface area (Å²) in [5.74, 6) is 0.582. The largest absolute Gasteiger partial charge is 0.441 e. The average Bonchev–Trinajstić information content (AvgIpc) is 3.52. The molecule has 0 saturated carbocycles. The number of aromatic nitrogens is 4. The maximum Gasteiger partial charge on any atom is 0.412 e. The second-order valence-electron chi connectivity index (χ2n) is 7.68. The number of hydrogen-bond acceptors (Lipinski definition) is 8. The molecule has 10 heteroatoms. The third-order valence-electron chi connectivity index (χ3n) is 5.62. The topological polar surface area (TPSA) is 117 Å². The highest BCUT2D eigenvalue weighted by molar-refractivity contribution is 5.95. The molecule has 0 unspecified atom stereocenters. The fraction of sp³-hybridized carbons (Fsp3) is 0.318. The van der Waals surface area contributed by atoms with Gasteiger partial charge in [0.25, 0.3) is 0 Å². The van der Waals surface area contributed by atoms with Crippen LogP contribution in [-0.4, -0.2) is 63.6 Å². The van der Waals surface area contributed by atoms with E-state index in [4.69, 9.17) is 14.2 Å². The third kappa shape index (κ3) is 3.85. The monoisotopic (exact) mass is 435 g/mol. The summed E-state index contributed by atoms with van der Waals surface area (Å²) in [6, 6.07) is 16.0. The quantitative estimate of drug-likeness (QED) is 0.608. The molecule has 4 atom stereocenters. The molecule has 2 aliphatic heterocycles. The summed E-state index contributed by atoms with van der Waals surface area (Å²) in [4.78, 5) is 23.8. The van der Waals surface area contributed by atoms with E-state index in [1.165, 1.54) is 6.92 Å². The zero-order chi connectivity index (χ0) is 22.1. The van der Waals surface area contributed by atoms with Crippen LogP contribution in [0, 0.1) is 0 Å². The SMILES string of the molecule is CC(=O)c1ccc(NC(=O)O[C@H]2CO[C@@H]3[C@@H]2OC[C@@H]3n2nnnc2-c2ccccc2)cc1. The highest BCUT2D eigenvalue weighted by Gasteiger charge is 2.51. The third-order valence-corrected chi connectivity index (χ3v) is 5.62. The van der Waals surface area contributed by atoms with Crippen molar-refractivity contribution < 1.29 is 23.8 Å². The molecule has 2 aliphatic rings. The predicted octanol–water partition coefficient (Wildman–Crippen LogP) is 2.50. The molecule has 0 bridgehead atoms. The Morgan fingerprint density at radius 2 is 1.78 bits per heavy atom. The van der Waals surface area contributed by atoms with Gasteiger partial charge in [-0.1, -0.05) is 30.3 Å². The molecule has 1 aromatic heterocycles. The van der Waals surface area contributed by atoms with Crippen LogP contribution in [-0.2, 0) is 14.2 Å². The van der Waals surface area contributed by atoms with E-state index >= 15 is 0 Å². The molecule has 164 valence electrons. The van der Waals surface area contributed by atoms with Gasteiger partial charge in [-0.25, -0.2) is 9.48 Å². The summed E-state index contributed by atoms with van der Waals surface area (Å²) in [6.45, 7) is 2.04. The van der Waals surface area contributed by atoms with Crippen molar-refractivity contribution in [2.75, 3.05) is 18.5 Å². The van der Waals surface area contributed by atoms with Gasteiger partial charge in [0.1, 0.15) is 18.2 Å². The number of rotatable bonds is 5. The smallest absolute Gasteiger partial charge is 0.412 e. The van der Waals surface area contributed by atoms with Crippen molar-refractivity contribution in [1.29, 1.82) is 0 Å². The van der Waals surface area contributed by atoms with Gasteiger partial charge in [-0.3, -0.25) is 10.1 Å². The van der Waals surface area contributed by atoms with Gasteiger partial charge >= 0.3 is 6.09 Å². The number of carbonyl (C=O) groups excluding carboxylic acids is 2. The van der Waals surface area contributed by atoms with Crippen LogP contribution in [0.4, 0.5) is 10.5 Å². The summed E-state index contributed by atoms with van der Waals surface area (Å²) in [5.41, 5.74) is 1.99. The fourth-order valence-corrected chi connectivity index (χ4v) is 4.02. The van der Waals surface area contributed by atoms with E-state index in [0.717, 1.165) is 5.56 Å². The molecule has 3 aromatic rings. The molecule has 1 N–H and O–H groups in total. The molecule has 0 spiro atoms. The number of tetrazole rings is 1. The normalized spacial score (nSPS) is 24.2. The molecule has 2 aromatic carbocycles. The lowest BCUT2D eigenvalue weighted by atomic mass is 10.1. The molecule has 0 radical (unpaired) electrons. The van der Waals surface area contributed by atoms with E-state index in [0.29, 0.717) is 23.7 Å². The lowest BCUT2D eigenvalue weighted by Gasteiger charge is -2.18. The van der Waals surface area contributed by atoms with Crippen LogP contribution in [0.1, 0.15) is 23.3 Å². The van der Waals surface area contributed by atoms with Crippen LogP contribution in [0.5, 0.6) is 0 Å². The number of Topliss-reactive ketones (excluding diaryl/α,β-unsaturated/α-hetero) is 1. The van der Waals surface area contributed by atoms with E-state index in [9.17, 15) is 9.59 Å². The van der Waals surface area contributed by atoms with Gasteiger partial charge in [-0.2, -0.15) is 0 Å². The second kappa shape index (κ2) is 8.48. The lowest BCUT2D eigenvalue weighted by molar-refractivity contribution is 0.00774. The summed E-state index contributed by atoms with van der Waals surface area (Å²) in [7, 11) is 0. The first-order chi connectivity index (χ1) is 15.6. The van der Waals surface area contributed by atoms with Crippen molar-refractivity contribution >= 4 is 17.6 Å². The Kier molecular flexibility index (Phi) is 5.38. The highest BCUT2D eigenvalue weighted by Crippen LogP contribution is 2.36. The Balaban J connectivity index is 1.24. The van der Waals surface area contributed by atoms with Crippen LogP contribution in [0.2, 0.25) is 0 Å². The van der Waals surface area contributed by atoms with Gasteiger partial charge in [-0.05, 0) is 41.6 Å². The number of nitrogens with zero attached hydrogens (tertiary/aromatic N) is 4. The van der Waals surface area contributed by atoms with E-state index in [1.807, 2.05) is 30.3 Å². The van der Waals surface area contributed by atoms with Crippen LogP contribution < -0.4 is 5.32 Å². The second-order valence-corrected chi connectivity index (χ2v) is 7.68. The van der Waals surface area contributed by atoms with Gasteiger partial charge < -0.3 is 14.2 Å². The molecular weight excluding hydrogens is 414 g/mol. The molecule has 1 amide bonds. The Labute approximate surface area is 183 Å². The standard InChI is InChI=1S/C22H21N5O5/c1-13(28)14-7-9-16(10-8-14)23-22(29)32-18-12-31-19-17(11-30-20(18)19)27-21(24-25-26-27)15-5-3-2-4-6-15/h2-10,17-20H,11-12H2,1H3,(H,23,29)/t17-,18-,19-,20+/m0/s1. The minimum atomic E-state index is -0.616. The van der Waals surface area contributed by atoms with Crippen molar-refractivity contribution in [3.63, 3.8) is 0 Å². The molecule has 2 fully saturated rings. The van der Waals surface area contributed by atoms with E-state index in [1.54, 1.807) is 28.9 Å². The van der Waals surface area contributed by atoms with Crippen molar-refractivity contribution in [3.8, 4) is 11.4 Å². The van der Waals surface area contributed by atoms with Gasteiger partial charge in [0, 0.05) is 16.8 Å². The first-order valence-corrected chi connectivity index (χ1v) is 10.3. The van der Waals surface area contributed by atoms with E-state index < -0.39 is 18.3 Å². The molecule has 10 nitrogen and oxygen atoms in total. The average molecular weight is 435 g/mol. The van der Waals surface area contributed by atoms with Crippen molar-refractivity contribution in [3.05, 3.63) is 60.2 Å². The number of benzene rings is 2. The Hall–Kier alpha value is -3.63. The summed E-state index contributed by atoms with van der Waals surface area (Å²) >= 11 is 0.